The van der Waals surface area contributed by atoms with Crippen molar-refractivity contribution in [2.45, 2.75) is 41.4 Å². The molecule has 0 atom stereocenters. The molecular formula is C24H26O3S. The van der Waals surface area contributed by atoms with Gasteiger partial charge in [0.25, 0.3) is 0 Å². The zero-order chi connectivity index (χ0) is 19.8. The summed E-state index contributed by atoms with van der Waals surface area (Å²) in [7, 11) is -2.19. The highest BCUT2D eigenvalue weighted by Crippen LogP contribution is 2.69. The van der Waals surface area contributed by atoms with Crippen LogP contribution in [0.1, 0.15) is 26.7 Å². The summed E-state index contributed by atoms with van der Waals surface area (Å²) in [5, 5.41) is 0. The molecule has 0 fully saturated rings. The number of benzene rings is 3. The lowest BCUT2D eigenvalue weighted by Crippen LogP contribution is -2.13. The van der Waals surface area contributed by atoms with Crippen LogP contribution in [0.15, 0.2) is 99.6 Å². The maximum absolute atomic E-state index is 12.5. The fraction of sp³-hybridized carbons (Fsp3) is 0.208. The van der Waals surface area contributed by atoms with Gasteiger partial charge in [-0.2, -0.15) is 0 Å². The Hall–Kier alpha value is -2.72. The zero-order valence-corrected chi connectivity index (χ0v) is 17.2. The van der Waals surface area contributed by atoms with Crippen LogP contribution in [0.2, 0.25) is 0 Å². The van der Waals surface area contributed by atoms with E-state index in [1.165, 1.54) is 0 Å². The maximum Gasteiger partial charge on any atom is 0.316 e. The third-order valence-electron chi connectivity index (χ3n) is 4.29. The number of carbonyl (C=O) groups is 1. The molecule has 0 heterocycles. The highest BCUT2D eigenvalue weighted by atomic mass is 32.3. The van der Waals surface area contributed by atoms with Crippen LogP contribution in [0.3, 0.4) is 0 Å². The molecule has 146 valence electrons. The second-order valence-electron chi connectivity index (χ2n) is 6.31. The summed E-state index contributed by atoms with van der Waals surface area (Å²) in [6, 6.07) is 28.0. The second kappa shape index (κ2) is 9.47. The average molecular weight is 395 g/mol. The summed E-state index contributed by atoms with van der Waals surface area (Å²) >= 11 is 0. The normalized spacial score (nSPS) is 11.6. The molecule has 0 aliphatic rings. The van der Waals surface area contributed by atoms with Gasteiger partial charge in [0.2, 0.25) is 0 Å². The van der Waals surface area contributed by atoms with Crippen molar-refractivity contribution < 1.29 is 13.7 Å². The van der Waals surface area contributed by atoms with E-state index in [4.69, 9.17) is 8.92 Å². The summed E-state index contributed by atoms with van der Waals surface area (Å²) in [6.45, 7) is 4.59. The van der Waals surface area contributed by atoms with Gasteiger partial charge in [0, 0.05) is 21.1 Å². The Balaban J connectivity index is 2.18. The first kappa shape index (κ1) is 20.0. The van der Waals surface area contributed by atoms with Crippen molar-refractivity contribution in [2.24, 2.45) is 0 Å². The lowest BCUT2D eigenvalue weighted by atomic mass is 10.3. The molecule has 0 spiro atoms. The standard InChI is InChI=1S/C24H26O3S/c1-3-19-26-20-15-17-23(18-16-20)28(27-24(25)4-2,21-11-7-5-8-12-21)22-13-9-6-10-14-22/h5-18H,3-4,19H2,1-2H3. The first-order valence-corrected chi connectivity index (χ1v) is 11.1. The van der Waals surface area contributed by atoms with E-state index in [-0.39, 0.29) is 5.97 Å². The molecule has 3 nitrogen and oxygen atoms in total. The molecule has 4 heteroatoms. The van der Waals surface area contributed by atoms with Crippen molar-refractivity contribution in [1.82, 2.24) is 0 Å². The van der Waals surface area contributed by atoms with E-state index in [2.05, 4.69) is 6.92 Å². The fourth-order valence-corrected chi connectivity index (χ4v) is 6.02. The third kappa shape index (κ3) is 4.23. The van der Waals surface area contributed by atoms with Gasteiger partial charge in [-0.15, -0.1) is 0 Å². The summed E-state index contributed by atoms with van der Waals surface area (Å²) < 4.78 is 12.0. The Kier molecular flexibility index (Phi) is 6.77. The topological polar surface area (TPSA) is 35.5 Å². The minimum absolute atomic E-state index is 0.214. The van der Waals surface area contributed by atoms with E-state index in [1.807, 2.05) is 91.9 Å². The van der Waals surface area contributed by atoms with Crippen molar-refractivity contribution >= 4 is 16.3 Å². The summed E-state index contributed by atoms with van der Waals surface area (Å²) in [4.78, 5) is 15.5. The van der Waals surface area contributed by atoms with Crippen LogP contribution in [0, 0.1) is 0 Å². The molecule has 3 aromatic carbocycles. The fourth-order valence-electron chi connectivity index (χ4n) is 2.92. The molecule has 0 aliphatic heterocycles. The Morgan fingerprint density at radius 3 is 1.71 bits per heavy atom. The highest BCUT2D eigenvalue weighted by Gasteiger charge is 2.35. The molecule has 0 saturated carbocycles. The van der Waals surface area contributed by atoms with E-state index in [0.717, 1.165) is 26.9 Å². The molecular weight excluding hydrogens is 368 g/mol. The Labute approximate surface area is 168 Å². The Morgan fingerprint density at radius 2 is 1.25 bits per heavy atom. The van der Waals surface area contributed by atoms with Crippen LogP contribution < -0.4 is 4.74 Å². The van der Waals surface area contributed by atoms with Crippen molar-refractivity contribution in [3.8, 4) is 5.75 Å². The lowest BCUT2D eigenvalue weighted by Gasteiger charge is -2.39. The van der Waals surface area contributed by atoms with Crippen molar-refractivity contribution in [1.29, 1.82) is 0 Å². The predicted molar refractivity (Wildman–Crippen MR) is 114 cm³/mol. The van der Waals surface area contributed by atoms with Crippen LogP contribution in [0.4, 0.5) is 0 Å². The number of rotatable bonds is 8. The van der Waals surface area contributed by atoms with E-state index >= 15 is 0 Å². The number of carbonyl (C=O) groups excluding carboxylic acids is 1. The first-order valence-electron chi connectivity index (χ1n) is 9.59. The Bertz CT molecular complexity index is 837. The van der Waals surface area contributed by atoms with Gasteiger partial charge in [-0.25, -0.2) is 0 Å². The number of hydrogen-bond donors (Lipinski definition) is 0. The SMILES string of the molecule is CCCOc1ccc(S(OC(=O)CC)(c2ccccc2)c2ccccc2)cc1. The minimum atomic E-state index is -2.19. The predicted octanol–water partition coefficient (Wildman–Crippen LogP) is 6.63. The van der Waals surface area contributed by atoms with Gasteiger partial charge in [0.15, 0.2) is 0 Å². The van der Waals surface area contributed by atoms with Gasteiger partial charge in [0.05, 0.1) is 6.61 Å². The molecule has 0 aliphatic carbocycles. The van der Waals surface area contributed by atoms with E-state index in [9.17, 15) is 4.79 Å². The van der Waals surface area contributed by atoms with Crippen LogP contribution in [0.5, 0.6) is 5.75 Å². The summed E-state index contributed by atoms with van der Waals surface area (Å²) in [6.07, 6.45) is 1.28. The smallest absolute Gasteiger partial charge is 0.316 e. The number of ether oxygens (including phenoxy) is 1. The molecule has 0 saturated heterocycles. The van der Waals surface area contributed by atoms with Gasteiger partial charge in [0.1, 0.15) is 5.75 Å². The van der Waals surface area contributed by atoms with Gasteiger partial charge in [-0.3, -0.25) is 4.79 Å². The van der Waals surface area contributed by atoms with Crippen LogP contribution in [0.25, 0.3) is 0 Å². The average Bonchev–Trinajstić information content (AvgIpc) is 2.77. The second-order valence-corrected chi connectivity index (χ2v) is 9.00. The molecule has 0 radical (unpaired) electrons. The molecule has 0 bridgehead atoms. The molecule has 0 unspecified atom stereocenters. The largest absolute Gasteiger partial charge is 0.494 e. The minimum Gasteiger partial charge on any atom is -0.494 e. The van der Waals surface area contributed by atoms with E-state index in [0.29, 0.717) is 13.0 Å². The highest BCUT2D eigenvalue weighted by molar-refractivity contribution is 8.30. The maximum atomic E-state index is 12.5. The molecule has 28 heavy (non-hydrogen) atoms. The van der Waals surface area contributed by atoms with E-state index < -0.39 is 10.3 Å². The molecule has 3 rings (SSSR count). The van der Waals surface area contributed by atoms with Crippen molar-refractivity contribution in [3.63, 3.8) is 0 Å². The van der Waals surface area contributed by atoms with Crippen LogP contribution in [-0.2, 0) is 8.98 Å². The Morgan fingerprint density at radius 1 is 0.750 bits per heavy atom. The van der Waals surface area contributed by atoms with Crippen LogP contribution in [-0.4, -0.2) is 12.6 Å². The molecule has 0 N–H and O–H groups in total. The van der Waals surface area contributed by atoms with Crippen molar-refractivity contribution in [3.05, 3.63) is 84.9 Å². The zero-order valence-electron chi connectivity index (χ0n) is 16.3. The van der Waals surface area contributed by atoms with Crippen LogP contribution >= 0.6 is 10.3 Å². The monoisotopic (exact) mass is 394 g/mol. The number of hydrogen-bond acceptors (Lipinski definition) is 3. The van der Waals surface area contributed by atoms with E-state index in [1.54, 1.807) is 0 Å². The quantitative estimate of drug-likeness (QED) is 0.430. The van der Waals surface area contributed by atoms with Gasteiger partial charge in [-0.05, 0) is 65.3 Å². The summed E-state index contributed by atoms with van der Waals surface area (Å²) in [5.41, 5.74) is 0. The molecule has 3 aromatic rings. The van der Waals surface area contributed by atoms with Gasteiger partial charge < -0.3 is 8.92 Å². The van der Waals surface area contributed by atoms with Gasteiger partial charge >= 0.3 is 5.97 Å². The summed E-state index contributed by atoms with van der Waals surface area (Å²) in [5.74, 6) is 0.607. The third-order valence-corrected chi connectivity index (χ3v) is 7.53. The molecule has 0 aromatic heterocycles. The first-order chi connectivity index (χ1) is 13.7. The van der Waals surface area contributed by atoms with Crippen molar-refractivity contribution in [2.75, 3.05) is 6.61 Å². The lowest BCUT2D eigenvalue weighted by molar-refractivity contribution is -0.133. The van der Waals surface area contributed by atoms with Gasteiger partial charge in [-0.1, -0.05) is 50.2 Å². The molecule has 0 amide bonds.